The van der Waals surface area contributed by atoms with Gasteiger partial charge in [-0.15, -0.1) is 0 Å². The van der Waals surface area contributed by atoms with Crippen molar-refractivity contribution in [1.82, 2.24) is 10.6 Å². The van der Waals surface area contributed by atoms with Crippen molar-refractivity contribution < 1.29 is 19.1 Å². The van der Waals surface area contributed by atoms with Gasteiger partial charge in [-0.3, -0.25) is 0 Å². The second kappa shape index (κ2) is 10.1. The van der Waals surface area contributed by atoms with E-state index in [9.17, 15) is 9.59 Å². The van der Waals surface area contributed by atoms with E-state index in [1.54, 1.807) is 13.8 Å². The number of hydrogen-bond donors (Lipinski definition) is 2. The zero-order valence-electron chi connectivity index (χ0n) is 15.0. The number of carbonyl (C=O) groups excluding carboxylic acids is 2. The maximum absolute atomic E-state index is 12.1. The van der Waals surface area contributed by atoms with Gasteiger partial charge in [0.25, 0.3) is 0 Å². The molecular weight excluding hydrogens is 332 g/mol. The zero-order chi connectivity index (χ0) is 18.8. The van der Waals surface area contributed by atoms with E-state index in [4.69, 9.17) is 9.47 Å². The van der Waals surface area contributed by atoms with Crippen molar-refractivity contribution in [2.24, 2.45) is 0 Å². The van der Waals surface area contributed by atoms with Crippen LogP contribution in [-0.2, 0) is 9.47 Å². The number of nitrogens with one attached hydrogen (secondary N) is 2. The molecule has 26 heavy (non-hydrogen) atoms. The predicted octanol–water partition coefficient (Wildman–Crippen LogP) is 3.96. The summed E-state index contributed by atoms with van der Waals surface area (Å²) in [4.78, 5) is 24.2. The third kappa shape index (κ3) is 5.51. The molecule has 138 valence electrons. The topological polar surface area (TPSA) is 76.7 Å². The first-order valence-electron chi connectivity index (χ1n) is 8.62. The fourth-order valence-electron chi connectivity index (χ4n) is 2.64. The molecule has 2 unspecified atom stereocenters. The number of carbonyl (C=O) groups is 2. The highest BCUT2D eigenvalue weighted by Gasteiger charge is 2.28. The van der Waals surface area contributed by atoms with E-state index < -0.39 is 24.3 Å². The van der Waals surface area contributed by atoms with Crippen molar-refractivity contribution in [3.05, 3.63) is 71.8 Å². The molecule has 0 saturated carbocycles. The summed E-state index contributed by atoms with van der Waals surface area (Å²) in [5.74, 6) is 0. The summed E-state index contributed by atoms with van der Waals surface area (Å²) in [7, 11) is 0. The van der Waals surface area contributed by atoms with Crippen molar-refractivity contribution in [3.63, 3.8) is 0 Å². The van der Waals surface area contributed by atoms with Crippen molar-refractivity contribution in [2.45, 2.75) is 25.9 Å². The maximum Gasteiger partial charge on any atom is 0.407 e. The zero-order valence-corrected chi connectivity index (χ0v) is 15.0. The summed E-state index contributed by atoms with van der Waals surface area (Å²) in [5.41, 5.74) is 1.68. The Kier molecular flexibility index (Phi) is 7.49. The van der Waals surface area contributed by atoms with Gasteiger partial charge in [0, 0.05) is 0 Å². The van der Waals surface area contributed by atoms with Gasteiger partial charge < -0.3 is 20.1 Å². The third-order valence-electron chi connectivity index (χ3n) is 3.75. The molecule has 0 aliphatic heterocycles. The predicted molar refractivity (Wildman–Crippen MR) is 98.7 cm³/mol. The normalized spacial score (nSPS) is 12.5. The summed E-state index contributed by atoms with van der Waals surface area (Å²) < 4.78 is 10.1. The molecule has 2 aromatic rings. The van der Waals surface area contributed by atoms with Crippen LogP contribution in [0, 0.1) is 0 Å². The molecule has 0 aliphatic rings. The number of amides is 2. The van der Waals surface area contributed by atoms with Crippen molar-refractivity contribution >= 4 is 12.2 Å². The van der Waals surface area contributed by atoms with Gasteiger partial charge in [0.2, 0.25) is 0 Å². The van der Waals surface area contributed by atoms with Crippen LogP contribution in [0.25, 0.3) is 0 Å². The van der Waals surface area contributed by atoms with E-state index in [0.29, 0.717) is 0 Å². The maximum atomic E-state index is 12.1. The fraction of sp³-hybridized carbons (Fsp3) is 0.300. The Bertz CT molecular complexity index is 630. The van der Waals surface area contributed by atoms with E-state index in [-0.39, 0.29) is 13.2 Å². The molecule has 0 aromatic heterocycles. The Balaban J connectivity index is 2.39. The van der Waals surface area contributed by atoms with E-state index in [1.807, 2.05) is 60.7 Å². The van der Waals surface area contributed by atoms with Crippen LogP contribution in [0.3, 0.4) is 0 Å². The lowest BCUT2D eigenvalue weighted by Gasteiger charge is -2.29. The monoisotopic (exact) mass is 356 g/mol. The Morgan fingerprint density at radius 3 is 1.38 bits per heavy atom. The number of benzene rings is 2. The smallest absolute Gasteiger partial charge is 0.407 e. The molecule has 0 fully saturated rings. The second-order valence-electron chi connectivity index (χ2n) is 5.51. The lowest BCUT2D eigenvalue weighted by atomic mass is 9.93. The number of ether oxygens (including phenoxy) is 2. The Morgan fingerprint density at radius 1 is 0.731 bits per heavy atom. The van der Waals surface area contributed by atoms with Crippen molar-refractivity contribution in [1.29, 1.82) is 0 Å². The van der Waals surface area contributed by atoms with E-state index in [1.165, 1.54) is 0 Å². The fourth-order valence-corrected chi connectivity index (χ4v) is 2.64. The average molecular weight is 356 g/mol. The van der Waals surface area contributed by atoms with E-state index in [0.717, 1.165) is 11.1 Å². The van der Waals surface area contributed by atoms with Crippen LogP contribution < -0.4 is 10.6 Å². The lowest BCUT2D eigenvalue weighted by molar-refractivity contribution is 0.135. The SMILES string of the molecule is CCOC(=O)NC(c1ccccc1)C(NC(=O)OCC)c1ccccc1. The molecule has 0 spiro atoms. The van der Waals surface area contributed by atoms with E-state index in [2.05, 4.69) is 10.6 Å². The van der Waals surface area contributed by atoms with Crippen LogP contribution in [0.4, 0.5) is 9.59 Å². The summed E-state index contributed by atoms with van der Waals surface area (Å²) in [6.45, 7) is 3.99. The Morgan fingerprint density at radius 2 is 1.08 bits per heavy atom. The number of rotatable bonds is 7. The van der Waals surface area contributed by atoms with Gasteiger partial charge in [-0.05, 0) is 25.0 Å². The van der Waals surface area contributed by atoms with Gasteiger partial charge in [0.1, 0.15) is 0 Å². The number of alkyl carbamates (subject to hydrolysis) is 2. The van der Waals surface area contributed by atoms with Gasteiger partial charge in [-0.25, -0.2) is 9.59 Å². The van der Waals surface area contributed by atoms with Crippen molar-refractivity contribution in [2.75, 3.05) is 13.2 Å². The molecular formula is C20H24N2O4. The summed E-state index contributed by atoms with van der Waals surface area (Å²) in [6, 6.07) is 17.8. The lowest BCUT2D eigenvalue weighted by Crippen LogP contribution is -2.41. The van der Waals surface area contributed by atoms with Gasteiger partial charge in [-0.1, -0.05) is 60.7 Å². The first-order chi connectivity index (χ1) is 12.7. The Labute approximate surface area is 153 Å². The molecule has 0 aliphatic carbocycles. The van der Waals surface area contributed by atoms with Gasteiger partial charge in [0.15, 0.2) is 0 Å². The van der Waals surface area contributed by atoms with Crippen molar-refractivity contribution in [3.8, 4) is 0 Å². The quantitative estimate of drug-likeness (QED) is 0.787. The first-order valence-corrected chi connectivity index (χ1v) is 8.62. The summed E-state index contributed by atoms with van der Waals surface area (Å²) >= 11 is 0. The van der Waals surface area contributed by atoms with Crippen LogP contribution in [-0.4, -0.2) is 25.4 Å². The second-order valence-corrected chi connectivity index (χ2v) is 5.51. The summed E-state index contributed by atoms with van der Waals surface area (Å²) in [6.07, 6.45) is -1.10. The molecule has 2 N–H and O–H groups in total. The molecule has 2 atom stereocenters. The van der Waals surface area contributed by atoms with Gasteiger partial charge in [-0.2, -0.15) is 0 Å². The van der Waals surface area contributed by atoms with Crippen LogP contribution in [0.5, 0.6) is 0 Å². The number of hydrogen-bond acceptors (Lipinski definition) is 4. The van der Waals surface area contributed by atoms with Gasteiger partial charge in [0.05, 0.1) is 25.3 Å². The molecule has 6 heteroatoms. The summed E-state index contributed by atoms with van der Waals surface area (Å²) in [5, 5.41) is 5.70. The van der Waals surface area contributed by atoms with Crippen LogP contribution in [0.1, 0.15) is 37.1 Å². The van der Waals surface area contributed by atoms with Crippen LogP contribution >= 0.6 is 0 Å². The molecule has 2 rings (SSSR count). The van der Waals surface area contributed by atoms with Crippen LogP contribution in [0.2, 0.25) is 0 Å². The standard InChI is InChI=1S/C20H24N2O4/c1-3-25-19(23)21-17(15-11-7-5-8-12-15)18(22-20(24)26-4-2)16-13-9-6-10-14-16/h5-14,17-18H,3-4H2,1-2H3,(H,21,23)(H,22,24). The molecule has 0 heterocycles. The minimum atomic E-state index is -0.548. The molecule has 2 aromatic carbocycles. The highest BCUT2D eigenvalue weighted by Crippen LogP contribution is 2.29. The Hall–Kier alpha value is -3.02. The minimum Gasteiger partial charge on any atom is -0.450 e. The third-order valence-corrected chi connectivity index (χ3v) is 3.75. The minimum absolute atomic E-state index is 0.259. The molecule has 0 saturated heterocycles. The first kappa shape index (κ1) is 19.3. The highest BCUT2D eigenvalue weighted by atomic mass is 16.6. The molecule has 6 nitrogen and oxygen atoms in total. The van der Waals surface area contributed by atoms with Gasteiger partial charge >= 0.3 is 12.2 Å². The molecule has 2 amide bonds. The molecule has 0 bridgehead atoms. The highest BCUT2D eigenvalue weighted by molar-refractivity contribution is 5.70. The van der Waals surface area contributed by atoms with E-state index >= 15 is 0 Å². The average Bonchev–Trinajstić information content (AvgIpc) is 2.66. The largest absolute Gasteiger partial charge is 0.450 e. The van der Waals surface area contributed by atoms with Crippen LogP contribution in [0.15, 0.2) is 60.7 Å². The molecule has 0 radical (unpaired) electrons.